The molecule has 1 fully saturated rings. The molecule has 2 rings (SSSR count). The molecule has 4 heteroatoms. The Morgan fingerprint density at radius 3 is 2.04 bits per heavy atom. The van der Waals surface area contributed by atoms with Crippen molar-refractivity contribution in [2.75, 3.05) is 0 Å². The van der Waals surface area contributed by atoms with Crippen molar-refractivity contribution < 1.29 is 12.6 Å². The molecule has 28 heavy (non-hydrogen) atoms. The lowest BCUT2D eigenvalue weighted by atomic mass is 9.98. The Morgan fingerprint density at radius 1 is 0.821 bits per heavy atom. The van der Waals surface area contributed by atoms with E-state index in [0.29, 0.717) is 4.90 Å². The van der Waals surface area contributed by atoms with Gasteiger partial charge in [0.15, 0.2) is 0 Å². The number of rotatable bonds is 14. The van der Waals surface area contributed by atoms with E-state index in [1.807, 2.05) is 12.1 Å². The van der Waals surface area contributed by atoms with Crippen molar-refractivity contribution in [3.63, 3.8) is 0 Å². The molecular formula is C24H40O3S. The van der Waals surface area contributed by atoms with E-state index >= 15 is 0 Å². The maximum Gasteiger partial charge on any atom is 0.297 e. The Bertz CT molecular complexity index is 633. The average molecular weight is 409 g/mol. The lowest BCUT2D eigenvalue weighted by Crippen LogP contribution is -2.22. The standard InChI is InChI=1S/C24H40O3S/c1-2-3-4-5-6-7-8-9-10-12-17-22-18-15-16-21-24(22)28(25,26)27-23-19-13-11-14-20-23/h15-16,18,21,23H,2-14,17,19-20H2,1H3. The van der Waals surface area contributed by atoms with Crippen LogP contribution in [0.2, 0.25) is 0 Å². The molecule has 1 aromatic rings. The first-order valence-corrected chi connectivity index (χ1v) is 13.1. The van der Waals surface area contributed by atoms with Crippen molar-refractivity contribution in [2.45, 2.75) is 121 Å². The zero-order chi connectivity index (χ0) is 20.1. The highest BCUT2D eigenvalue weighted by molar-refractivity contribution is 7.86. The highest BCUT2D eigenvalue weighted by Gasteiger charge is 2.25. The molecule has 0 N–H and O–H groups in total. The number of unbranched alkanes of at least 4 members (excludes halogenated alkanes) is 9. The Hall–Kier alpha value is -0.870. The van der Waals surface area contributed by atoms with Gasteiger partial charge in [-0.2, -0.15) is 8.42 Å². The van der Waals surface area contributed by atoms with Crippen LogP contribution in [0.1, 0.15) is 109 Å². The minimum absolute atomic E-state index is 0.135. The maximum atomic E-state index is 12.8. The maximum absolute atomic E-state index is 12.8. The van der Waals surface area contributed by atoms with Gasteiger partial charge >= 0.3 is 0 Å². The van der Waals surface area contributed by atoms with Gasteiger partial charge in [-0.05, 0) is 37.3 Å². The summed E-state index contributed by atoms with van der Waals surface area (Å²) >= 11 is 0. The van der Waals surface area contributed by atoms with Gasteiger partial charge in [0.25, 0.3) is 10.1 Å². The van der Waals surface area contributed by atoms with E-state index in [-0.39, 0.29) is 6.10 Å². The fraction of sp³-hybridized carbons (Fsp3) is 0.750. The van der Waals surface area contributed by atoms with E-state index < -0.39 is 10.1 Å². The van der Waals surface area contributed by atoms with E-state index in [1.54, 1.807) is 12.1 Å². The van der Waals surface area contributed by atoms with Crippen LogP contribution in [0, 0.1) is 0 Å². The summed E-state index contributed by atoms with van der Waals surface area (Å²) in [6.07, 6.45) is 18.6. The van der Waals surface area contributed by atoms with Gasteiger partial charge in [-0.15, -0.1) is 0 Å². The van der Waals surface area contributed by atoms with Crippen LogP contribution >= 0.6 is 0 Å². The predicted molar refractivity (Wildman–Crippen MR) is 117 cm³/mol. The van der Waals surface area contributed by atoms with Gasteiger partial charge in [0, 0.05) is 0 Å². The summed E-state index contributed by atoms with van der Waals surface area (Å²) in [6, 6.07) is 7.40. The summed E-state index contributed by atoms with van der Waals surface area (Å²) in [5.41, 5.74) is 0.915. The van der Waals surface area contributed by atoms with Crippen LogP contribution in [0.15, 0.2) is 29.2 Å². The smallest absolute Gasteiger partial charge is 0.263 e. The van der Waals surface area contributed by atoms with E-state index in [0.717, 1.165) is 44.1 Å². The number of aryl methyl sites for hydroxylation is 1. The van der Waals surface area contributed by atoms with Crippen molar-refractivity contribution >= 4 is 10.1 Å². The Balaban J connectivity index is 1.72. The third-order valence-electron chi connectivity index (χ3n) is 5.86. The monoisotopic (exact) mass is 408 g/mol. The number of hydrogen-bond donors (Lipinski definition) is 0. The molecule has 1 aromatic carbocycles. The third-order valence-corrected chi connectivity index (χ3v) is 7.32. The van der Waals surface area contributed by atoms with Gasteiger partial charge in [0.2, 0.25) is 0 Å². The SMILES string of the molecule is CCCCCCCCCCCCc1ccccc1S(=O)(=O)OC1CCCCC1. The molecule has 0 amide bonds. The van der Waals surface area contributed by atoms with Gasteiger partial charge < -0.3 is 0 Å². The van der Waals surface area contributed by atoms with Crippen LogP contribution in [-0.4, -0.2) is 14.5 Å². The fourth-order valence-electron chi connectivity index (χ4n) is 4.15. The Kier molecular flexibility index (Phi) is 11.2. The van der Waals surface area contributed by atoms with Crippen LogP contribution in [0.4, 0.5) is 0 Å². The molecular weight excluding hydrogens is 368 g/mol. The van der Waals surface area contributed by atoms with E-state index in [2.05, 4.69) is 6.92 Å². The van der Waals surface area contributed by atoms with Crippen molar-refractivity contribution in [3.05, 3.63) is 29.8 Å². The van der Waals surface area contributed by atoms with E-state index in [9.17, 15) is 8.42 Å². The van der Waals surface area contributed by atoms with Crippen molar-refractivity contribution in [1.82, 2.24) is 0 Å². The Labute approximate surface area is 173 Å². The Morgan fingerprint density at radius 2 is 1.39 bits per heavy atom. The minimum atomic E-state index is -3.65. The molecule has 0 aliphatic heterocycles. The van der Waals surface area contributed by atoms with Gasteiger partial charge in [0.1, 0.15) is 0 Å². The highest BCUT2D eigenvalue weighted by Crippen LogP contribution is 2.27. The second kappa shape index (κ2) is 13.4. The molecule has 0 bridgehead atoms. The summed E-state index contributed by atoms with van der Waals surface area (Å²) in [4.78, 5) is 0.386. The van der Waals surface area contributed by atoms with Crippen molar-refractivity contribution in [1.29, 1.82) is 0 Å². The summed E-state index contributed by atoms with van der Waals surface area (Å²) in [5, 5.41) is 0. The summed E-state index contributed by atoms with van der Waals surface area (Å²) in [5.74, 6) is 0. The summed E-state index contributed by atoms with van der Waals surface area (Å²) in [7, 11) is -3.65. The molecule has 160 valence electrons. The minimum Gasteiger partial charge on any atom is -0.263 e. The van der Waals surface area contributed by atoms with Crippen molar-refractivity contribution in [2.24, 2.45) is 0 Å². The normalized spacial score (nSPS) is 15.8. The first kappa shape index (κ1) is 23.4. The molecule has 0 radical (unpaired) electrons. The van der Waals surface area contributed by atoms with Gasteiger partial charge in [-0.1, -0.05) is 102 Å². The fourth-order valence-corrected chi connectivity index (χ4v) is 5.54. The second-order valence-corrected chi connectivity index (χ2v) is 9.89. The second-order valence-electron chi connectivity index (χ2n) is 8.35. The van der Waals surface area contributed by atoms with Gasteiger partial charge in [-0.3, -0.25) is 4.18 Å². The summed E-state index contributed by atoms with van der Waals surface area (Å²) < 4.78 is 31.1. The zero-order valence-electron chi connectivity index (χ0n) is 17.8. The van der Waals surface area contributed by atoms with Gasteiger partial charge in [0.05, 0.1) is 11.0 Å². The van der Waals surface area contributed by atoms with Crippen LogP contribution in [0.25, 0.3) is 0 Å². The van der Waals surface area contributed by atoms with Crippen LogP contribution in [-0.2, 0) is 20.7 Å². The average Bonchev–Trinajstić information content (AvgIpc) is 2.70. The van der Waals surface area contributed by atoms with E-state index in [1.165, 1.54) is 64.2 Å². The molecule has 3 nitrogen and oxygen atoms in total. The van der Waals surface area contributed by atoms with Crippen LogP contribution in [0.5, 0.6) is 0 Å². The van der Waals surface area contributed by atoms with Crippen LogP contribution < -0.4 is 0 Å². The lowest BCUT2D eigenvalue weighted by molar-refractivity contribution is 0.162. The molecule has 1 aliphatic rings. The molecule has 1 aliphatic carbocycles. The van der Waals surface area contributed by atoms with E-state index in [4.69, 9.17) is 4.18 Å². The molecule has 0 heterocycles. The van der Waals surface area contributed by atoms with Crippen molar-refractivity contribution in [3.8, 4) is 0 Å². The number of hydrogen-bond acceptors (Lipinski definition) is 3. The third kappa shape index (κ3) is 8.65. The van der Waals surface area contributed by atoms with Gasteiger partial charge in [-0.25, -0.2) is 0 Å². The number of benzene rings is 1. The first-order chi connectivity index (χ1) is 13.6. The molecule has 0 spiro atoms. The topological polar surface area (TPSA) is 43.4 Å². The lowest BCUT2D eigenvalue weighted by Gasteiger charge is -2.22. The zero-order valence-corrected chi connectivity index (χ0v) is 18.6. The van der Waals surface area contributed by atoms with Crippen LogP contribution in [0.3, 0.4) is 0 Å². The molecule has 0 atom stereocenters. The molecule has 0 unspecified atom stereocenters. The molecule has 0 aromatic heterocycles. The molecule has 0 saturated heterocycles. The quantitative estimate of drug-likeness (QED) is 0.242. The molecule has 1 saturated carbocycles. The largest absolute Gasteiger partial charge is 0.297 e. The summed E-state index contributed by atoms with van der Waals surface area (Å²) in [6.45, 7) is 2.26. The predicted octanol–water partition coefficient (Wildman–Crippen LogP) is 7.19. The highest BCUT2D eigenvalue weighted by atomic mass is 32.2. The first-order valence-electron chi connectivity index (χ1n) is 11.6.